The fourth-order valence-corrected chi connectivity index (χ4v) is 1.13. The van der Waals surface area contributed by atoms with Gasteiger partial charge in [-0.15, -0.1) is 0 Å². The molecule has 4 N–H and O–H groups in total. The van der Waals surface area contributed by atoms with E-state index in [1.54, 1.807) is 13.0 Å². The molecule has 0 aliphatic carbocycles. The van der Waals surface area contributed by atoms with Crippen LogP contribution < -0.4 is 16.6 Å². The minimum absolute atomic E-state index is 0.157. The van der Waals surface area contributed by atoms with Crippen molar-refractivity contribution in [3.63, 3.8) is 0 Å². The van der Waals surface area contributed by atoms with Gasteiger partial charge in [0.1, 0.15) is 11.5 Å². The van der Waals surface area contributed by atoms with Crippen molar-refractivity contribution in [2.75, 3.05) is 10.7 Å². The molecule has 88 valence electrons. The first-order valence-corrected chi connectivity index (χ1v) is 4.72. The van der Waals surface area contributed by atoms with Gasteiger partial charge in [-0.2, -0.15) is 0 Å². The first-order valence-electron chi connectivity index (χ1n) is 4.72. The average molecular weight is 234 g/mol. The topological polar surface area (TPSA) is 119 Å². The summed E-state index contributed by atoms with van der Waals surface area (Å²) in [5, 5.41) is 6.15. The summed E-state index contributed by atoms with van der Waals surface area (Å²) < 4.78 is 4.81. The molecule has 17 heavy (non-hydrogen) atoms. The third kappa shape index (κ3) is 2.55. The van der Waals surface area contributed by atoms with E-state index in [1.807, 2.05) is 0 Å². The van der Waals surface area contributed by atoms with Crippen molar-refractivity contribution in [2.45, 2.75) is 6.92 Å². The Bertz CT molecular complexity index is 521. The number of hydrazine groups is 1. The molecule has 0 aromatic carbocycles. The van der Waals surface area contributed by atoms with Gasteiger partial charge in [0.2, 0.25) is 0 Å². The molecule has 0 fully saturated rings. The van der Waals surface area contributed by atoms with Crippen LogP contribution in [0.4, 0.5) is 11.6 Å². The number of amides is 1. The van der Waals surface area contributed by atoms with Crippen LogP contribution in [0.25, 0.3) is 0 Å². The number of aromatic nitrogens is 3. The van der Waals surface area contributed by atoms with E-state index in [4.69, 9.17) is 10.4 Å². The summed E-state index contributed by atoms with van der Waals surface area (Å²) in [6.45, 7) is 1.73. The highest BCUT2D eigenvalue weighted by Gasteiger charge is 2.10. The first-order chi connectivity index (χ1) is 8.19. The minimum Gasteiger partial charge on any atom is -0.360 e. The zero-order valence-electron chi connectivity index (χ0n) is 8.97. The quantitative estimate of drug-likeness (QED) is 0.516. The number of rotatable bonds is 3. The van der Waals surface area contributed by atoms with Gasteiger partial charge in [0.25, 0.3) is 5.91 Å². The third-order valence-electron chi connectivity index (χ3n) is 1.90. The second-order valence-electron chi connectivity index (χ2n) is 3.21. The molecule has 2 aromatic rings. The number of carbonyl (C=O) groups is 1. The Kier molecular flexibility index (Phi) is 2.97. The van der Waals surface area contributed by atoms with E-state index in [2.05, 4.69) is 25.9 Å². The van der Waals surface area contributed by atoms with Crippen LogP contribution in [0, 0.1) is 6.92 Å². The van der Waals surface area contributed by atoms with Crippen LogP contribution in [0.3, 0.4) is 0 Å². The van der Waals surface area contributed by atoms with Gasteiger partial charge in [-0.05, 0) is 6.92 Å². The molecule has 0 bridgehead atoms. The molecule has 0 atom stereocenters. The van der Waals surface area contributed by atoms with E-state index in [1.165, 1.54) is 12.4 Å². The smallest absolute Gasteiger partial charge is 0.277 e. The summed E-state index contributed by atoms with van der Waals surface area (Å²) in [4.78, 5) is 19.4. The summed E-state index contributed by atoms with van der Waals surface area (Å²) in [7, 11) is 0. The number of anilines is 2. The highest BCUT2D eigenvalue weighted by atomic mass is 16.5. The van der Waals surface area contributed by atoms with Crippen molar-refractivity contribution in [1.29, 1.82) is 0 Å². The number of carbonyl (C=O) groups excluding carboxylic acids is 1. The van der Waals surface area contributed by atoms with Crippen molar-refractivity contribution >= 4 is 17.5 Å². The van der Waals surface area contributed by atoms with Crippen LogP contribution in [0.2, 0.25) is 0 Å². The lowest BCUT2D eigenvalue weighted by Crippen LogP contribution is -2.15. The zero-order valence-corrected chi connectivity index (χ0v) is 8.97. The number of hydrogen-bond acceptors (Lipinski definition) is 7. The second kappa shape index (κ2) is 4.58. The Balaban J connectivity index is 2.09. The van der Waals surface area contributed by atoms with Crippen molar-refractivity contribution < 1.29 is 9.32 Å². The normalized spacial score (nSPS) is 10.0. The number of aryl methyl sites for hydroxylation is 1. The molecule has 1 amide bonds. The highest BCUT2D eigenvalue weighted by molar-refractivity contribution is 6.02. The van der Waals surface area contributed by atoms with Crippen molar-refractivity contribution in [1.82, 2.24) is 15.1 Å². The lowest BCUT2D eigenvalue weighted by Gasteiger charge is -2.01. The molecule has 0 saturated heterocycles. The molecular weight excluding hydrogens is 224 g/mol. The molecule has 2 aromatic heterocycles. The number of nitrogens with zero attached hydrogens (tertiary/aromatic N) is 3. The Morgan fingerprint density at radius 2 is 2.18 bits per heavy atom. The predicted octanol–water partition coefficient (Wildman–Crippen LogP) is 0.311. The minimum atomic E-state index is -0.422. The van der Waals surface area contributed by atoms with Crippen LogP contribution in [-0.4, -0.2) is 21.0 Å². The third-order valence-corrected chi connectivity index (χ3v) is 1.90. The fraction of sp³-hybridized carbons (Fsp3) is 0.111. The van der Waals surface area contributed by atoms with Crippen LogP contribution in [-0.2, 0) is 0 Å². The Morgan fingerprint density at radius 1 is 1.35 bits per heavy atom. The summed E-state index contributed by atoms with van der Waals surface area (Å²) in [5.74, 6) is 6.01. The largest absolute Gasteiger partial charge is 0.360 e. The van der Waals surface area contributed by atoms with Crippen LogP contribution in [0.5, 0.6) is 0 Å². The van der Waals surface area contributed by atoms with E-state index in [0.717, 1.165) is 0 Å². The zero-order chi connectivity index (χ0) is 12.3. The molecule has 2 rings (SSSR count). The first kappa shape index (κ1) is 11.0. The van der Waals surface area contributed by atoms with Crippen LogP contribution in [0.15, 0.2) is 23.0 Å². The van der Waals surface area contributed by atoms with Gasteiger partial charge >= 0.3 is 0 Å². The van der Waals surface area contributed by atoms with Gasteiger partial charge in [-0.1, -0.05) is 5.16 Å². The number of hydrogen-bond donors (Lipinski definition) is 3. The average Bonchev–Trinajstić information content (AvgIpc) is 2.75. The van der Waals surface area contributed by atoms with Gasteiger partial charge in [-0.3, -0.25) is 4.79 Å². The van der Waals surface area contributed by atoms with Gasteiger partial charge in [0.15, 0.2) is 11.6 Å². The number of nitrogens with two attached hydrogens (primary N) is 1. The Hall–Kier alpha value is -2.48. The summed E-state index contributed by atoms with van der Waals surface area (Å²) in [5.41, 5.74) is 2.47. The van der Waals surface area contributed by atoms with Crippen molar-refractivity contribution in [3.8, 4) is 0 Å². The van der Waals surface area contributed by atoms with E-state index < -0.39 is 5.91 Å². The van der Waals surface area contributed by atoms with E-state index in [9.17, 15) is 4.79 Å². The molecule has 0 aliphatic rings. The van der Waals surface area contributed by atoms with Crippen molar-refractivity contribution in [2.24, 2.45) is 5.84 Å². The van der Waals surface area contributed by atoms with Gasteiger partial charge in [-0.25, -0.2) is 15.8 Å². The standard InChI is InChI=1S/C9H10N6O2/c1-5-2-7(15-17-5)13-9(16)6-3-12-8(14-10)4-11-6/h2-4H,10H2,1H3,(H,12,14)(H,13,15,16). The maximum atomic E-state index is 11.7. The summed E-state index contributed by atoms with van der Waals surface area (Å²) >= 11 is 0. The maximum Gasteiger partial charge on any atom is 0.277 e. The molecular formula is C9H10N6O2. The lowest BCUT2D eigenvalue weighted by atomic mass is 10.4. The Morgan fingerprint density at radius 3 is 2.71 bits per heavy atom. The molecule has 0 aliphatic heterocycles. The number of nitrogens with one attached hydrogen (secondary N) is 2. The van der Waals surface area contributed by atoms with E-state index in [0.29, 0.717) is 17.4 Å². The SMILES string of the molecule is Cc1cc(NC(=O)c2cnc(NN)cn2)no1. The van der Waals surface area contributed by atoms with E-state index in [-0.39, 0.29) is 5.69 Å². The molecule has 0 spiro atoms. The summed E-state index contributed by atoms with van der Waals surface area (Å²) in [6, 6.07) is 1.60. The predicted molar refractivity (Wildman–Crippen MR) is 59.0 cm³/mol. The van der Waals surface area contributed by atoms with Crippen LogP contribution >= 0.6 is 0 Å². The van der Waals surface area contributed by atoms with Crippen molar-refractivity contribution in [3.05, 3.63) is 29.9 Å². The Labute approximate surface area is 96.2 Å². The highest BCUT2D eigenvalue weighted by Crippen LogP contribution is 2.08. The lowest BCUT2D eigenvalue weighted by molar-refractivity contribution is 0.102. The maximum absolute atomic E-state index is 11.7. The molecule has 0 unspecified atom stereocenters. The van der Waals surface area contributed by atoms with Gasteiger partial charge in [0.05, 0.1) is 12.4 Å². The molecule has 0 radical (unpaired) electrons. The number of nitrogen functional groups attached to an aromatic ring is 1. The molecule has 2 heterocycles. The molecule has 8 heteroatoms. The van der Waals surface area contributed by atoms with Gasteiger partial charge in [0, 0.05) is 6.07 Å². The molecule has 8 nitrogen and oxygen atoms in total. The second-order valence-corrected chi connectivity index (χ2v) is 3.21. The van der Waals surface area contributed by atoms with E-state index >= 15 is 0 Å². The van der Waals surface area contributed by atoms with Crippen LogP contribution in [0.1, 0.15) is 16.2 Å². The fourth-order valence-electron chi connectivity index (χ4n) is 1.13. The van der Waals surface area contributed by atoms with Gasteiger partial charge < -0.3 is 15.3 Å². The molecule has 0 saturated carbocycles. The summed E-state index contributed by atoms with van der Waals surface area (Å²) in [6.07, 6.45) is 2.65. The monoisotopic (exact) mass is 234 g/mol.